The second kappa shape index (κ2) is 8.22. The normalized spacial score (nSPS) is 28.3. The van der Waals surface area contributed by atoms with Gasteiger partial charge in [0.1, 0.15) is 4.75 Å². The largest absolute Gasteiger partial charge is 0.359 e. The third kappa shape index (κ3) is 4.20. The van der Waals surface area contributed by atoms with E-state index in [9.17, 15) is 17.2 Å². The average Bonchev–Trinajstić information content (AvgIpc) is 3.27. The van der Waals surface area contributed by atoms with Gasteiger partial charge in [-0.15, -0.1) is 0 Å². The highest BCUT2D eigenvalue weighted by Gasteiger charge is 2.66. The molecule has 1 aromatic heterocycles. The van der Waals surface area contributed by atoms with E-state index in [2.05, 4.69) is 30.8 Å². The SMILES string of the molecule is COC1(Cl)C=CC(CNS(=O)(=O)C2(CC(F)F)CC2c2n[nH]c3c(Br)cccc23)=CC1. The standard InChI is InChI=1S/C20H21BrClF2N3O3S/c1-30-20(22)7-5-12(6-8-20)11-25-31(28,29)19(10-16(23)24)9-14(19)17-13-3-2-4-15(21)18(13)27-26-17/h2-7,14,16,25H,8-11H2,1H3,(H,26,27). The summed E-state index contributed by atoms with van der Waals surface area (Å²) in [7, 11) is -2.58. The van der Waals surface area contributed by atoms with Gasteiger partial charge in [-0.2, -0.15) is 5.10 Å². The van der Waals surface area contributed by atoms with Crippen molar-refractivity contribution in [3.05, 3.63) is 52.2 Å². The number of benzene rings is 1. The van der Waals surface area contributed by atoms with E-state index in [1.807, 2.05) is 6.07 Å². The Morgan fingerprint density at radius 2 is 2.23 bits per heavy atom. The van der Waals surface area contributed by atoms with Crippen LogP contribution in [0.5, 0.6) is 0 Å². The molecule has 1 fully saturated rings. The minimum Gasteiger partial charge on any atom is -0.359 e. The lowest BCUT2D eigenvalue weighted by atomic mass is 10.0. The molecule has 1 saturated carbocycles. The van der Waals surface area contributed by atoms with Crippen molar-refractivity contribution in [1.82, 2.24) is 14.9 Å². The first-order valence-electron chi connectivity index (χ1n) is 9.63. The number of H-pyrrole nitrogens is 1. The molecule has 0 saturated heterocycles. The number of nitrogens with one attached hydrogen (secondary N) is 2. The Kier molecular flexibility index (Phi) is 6.06. The van der Waals surface area contributed by atoms with E-state index in [0.29, 0.717) is 23.2 Å². The van der Waals surface area contributed by atoms with Crippen LogP contribution in [-0.2, 0) is 14.8 Å². The van der Waals surface area contributed by atoms with Gasteiger partial charge in [-0.25, -0.2) is 21.9 Å². The van der Waals surface area contributed by atoms with Crippen LogP contribution in [-0.4, -0.2) is 48.5 Å². The van der Waals surface area contributed by atoms with E-state index in [-0.39, 0.29) is 13.0 Å². The first kappa shape index (κ1) is 22.8. The van der Waals surface area contributed by atoms with Crippen LogP contribution in [0, 0.1) is 0 Å². The Labute approximate surface area is 192 Å². The number of alkyl halides is 3. The summed E-state index contributed by atoms with van der Waals surface area (Å²) in [5.74, 6) is -0.623. The highest BCUT2D eigenvalue weighted by Crippen LogP contribution is 2.60. The van der Waals surface area contributed by atoms with Crippen molar-refractivity contribution in [3.8, 4) is 0 Å². The van der Waals surface area contributed by atoms with E-state index >= 15 is 0 Å². The summed E-state index contributed by atoms with van der Waals surface area (Å²) in [4.78, 5) is 0. The van der Waals surface area contributed by atoms with Crippen molar-refractivity contribution in [2.24, 2.45) is 0 Å². The Bertz CT molecular complexity index is 1170. The number of para-hydroxylation sites is 1. The second-order valence-electron chi connectivity index (χ2n) is 7.82. The number of halogens is 4. The summed E-state index contributed by atoms with van der Waals surface area (Å²) >= 11 is 9.62. The fraction of sp³-hybridized carbons (Fsp3) is 0.450. The molecule has 0 radical (unpaired) electrons. The minimum atomic E-state index is -4.07. The molecule has 0 aliphatic heterocycles. The highest BCUT2D eigenvalue weighted by atomic mass is 79.9. The molecule has 0 bridgehead atoms. The van der Waals surface area contributed by atoms with E-state index in [1.165, 1.54) is 7.11 Å². The molecule has 3 unspecified atom stereocenters. The molecular formula is C20H21BrClF2N3O3S. The molecule has 168 valence electrons. The first-order valence-corrected chi connectivity index (χ1v) is 12.3. The number of methoxy groups -OCH3 is 1. The molecule has 2 N–H and O–H groups in total. The van der Waals surface area contributed by atoms with Crippen molar-refractivity contribution < 1.29 is 21.9 Å². The number of fused-ring (bicyclic) bond motifs is 1. The van der Waals surface area contributed by atoms with Crippen LogP contribution in [0.3, 0.4) is 0 Å². The molecule has 3 atom stereocenters. The number of aromatic nitrogens is 2. The Balaban J connectivity index is 1.57. The van der Waals surface area contributed by atoms with Crippen LogP contribution in [0.2, 0.25) is 0 Å². The summed E-state index contributed by atoms with van der Waals surface area (Å²) in [6, 6.07) is 5.43. The summed E-state index contributed by atoms with van der Waals surface area (Å²) in [5.41, 5.74) is 1.89. The fourth-order valence-electron chi connectivity index (χ4n) is 4.06. The van der Waals surface area contributed by atoms with Gasteiger partial charge in [0.15, 0.2) is 5.06 Å². The number of hydrogen-bond donors (Lipinski definition) is 2. The van der Waals surface area contributed by atoms with E-state index in [4.69, 9.17) is 16.3 Å². The third-order valence-electron chi connectivity index (χ3n) is 5.96. The molecule has 0 spiro atoms. The molecule has 11 heteroatoms. The summed E-state index contributed by atoms with van der Waals surface area (Å²) in [6.45, 7) is -0.0138. The molecule has 1 aromatic carbocycles. The molecule has 6 nitrogen and oxygen atoms in total. The molecule has 1 heterocycles. The predicted molar refractivity (Wildman–Crippen MR) is 119 cm³/mol. The van der Waals surface area contributed by atoms with Crippen molar-refractivity contribution >= 4 is 48.5 Å². The summed E-state index contributed by atoms with van der Waals surface area (Å²) < 4.78 is 60.1. The number of nitrogens with zero attached hydrogens (tertiary/aromatic N) is 1. The van der Waals surface area contributed by atoms with Crippen LogP contribution >= 0.6 is 27.5 Å². The number of hydrogen-bond acceptors (Lipinski definition) is 4. The summed E-state index contributed by atoms with van der Waals surface area (Å²) in [6.07, 6.45) is 2.03. The number of sulfonamides is 1. The Morgan fingerprint density at radius 1 is 1.45 bits per heavy atom. The maximum Gasteiger partial charge on any atom is 0.240 e. The lowest BCUT2D eigenvalue weighted by molar-refractivity contribution is 0.106. The van der Waals surface area contributed by atoms with E-state index in [0.717, 1.165) is 9.86 Å². The smallest absolute Gasteiger partial charge is 0.240 e. The van der Waals surface area contributed by atoms with Gasteiger partial charge in [0, 0.05) is 42.3 Å². The minimum absolute atomic E-state index is 0.0138. The number of aromatic amines is 1. The van der Waals surface area contributed by atoms with E-state index in [1.54, 1.807) is 30.4 Å². The zero-order valence-electron chi connectivity index (χ0n) is 16.5. The molecular weight excluding hydrogens is 516 g/mol. The number of ether oxygens (including phenoxy) is 1. The lowest BCUT2D eigenvalue weighted by Crippen LogP contribution is -2.39. The van der Waals surface area contributed by atoms with Gasteiger partial charge in [-0.3, -0.25) is 5.10 Å². The van der Waals surface area contributed by atoms with Crippen molar-refractivity contribution in [2.45, 2.75) is 41.4 Å². The Morgan fingerprint density at radius 3 is 2.87 bits per heavy atom. The molecule has 31 heavy (non-hydrogen) atoms. The monoisotopic (exact) mass is 535 g/mol. The van der Waals surface area contributed by atoms with Gasteiger partial charge in [-0.1, -0.05) is 35.9 Å². The van der Waals surface area contributed by atoms with Crippen LogP contribution in [0.4, 0.5) is 8.78 Å². The molecule has 4 rings (SSSR count). The van der Waals surface area contributed by atoms with Crippen LogP contribution in [0.1, 0.15) is 30.9 Å². The lowest BCUT2D eigenvalue weighted by Gasteiger charge is -2.24. The quantitative estimate of drug-likeness (QED) is 0.483. The zero-order valence-corrected chi connectivity index (χ0v) is 19.7. The van der Waals surface area contributed by atoms with Crippen LogP contribution in [0.25, 0.3) is 10.9 Å². The van der Waals surface area contributed by atoms with Gasteiger partial charge in [0.05, 0.1) is 11.2 Å². The van der Waals surface area contributed by atoms with Gasteiger partial charge >= 0.3 is 0 Å². The summed E-state index contributed by atoms with van der Waals surface area (Å²) in [5, 5.41) is 6.92. The van der Waals surface area contributed by atoms with Crippen molar-refractivity contribution in [2.75, 3.05) is 13.7 Å². The number of rotatable bonds is 8. The molecule has 2 aliphatic rings. The second-order valence-corrected chi connectivity index (χ2v) is 11.4. The van der Waals surface area contributed by atoms with Crippen LogP contribution in [0.15, 0.2) is 46.5 Å². The maximum atomic E-state index is 13.4. The van der Waals surface area contributed by atoms with Gasteiger partial charge in [-0.05, 0) is 40.1 Å². The van der Waals surface area contributed by atoms with Crippen molar-refractivity contribution in [3.63, 3.8) is 0 Å². The van der Waals surface area contributed by atoms with E-state index < -0.39 is 38.6 Å². The zero-order chi connectivity index (χ0) is 22.4. The topological polar surface area (TPSA) is 84.1 Å². The molecule has 2 aliphatic carbocycles. The van der Waals surface area contributed by atoms with Gasteiger partial charge in [0.25, 0.3) is 0 Å². The fourth-order valence-corrected chi connectivity index (χ4v) is 6.52. The maximum absolute atomic E-state index is 13.4. The highest BCUT2D eigenvalue weighted by molar-refractivity contribution is 9.10. The van der Waals surface area contributed by atoms with Gasteiger partial charge < -0.3 is 4.74 Å². The van der Waals surface area contributed by atoms with Crippen LogP contribution < -0.4 is 4.72 Å². The predicted octanol–water partition coefficient (Wildman–Crippen LogP) is 4.59. The third-order valence-corrected chi connectivity index (χ3v) is 9.27. The average molecular weight is 537 g/mol. The molecule has 2 aromatic rings. The Hall–Kier alpha value is -1.33. The first-order chi connectivity index (χ1) is 14.6. The van der Waals surface area contributed by atoms with Crippen molar-refractivity contribution in [1.29, 1.82) is 0 Å². The molecule has 0 amide bonds. The van der Waals surface area contributed by atoms with Gasteiger partial charge in [0.2, 0.25) is 16.4 Å².